The van der Waals surface area contributed by atoms with Gasteiger partial charge in [0.2, 0.25) is 0 Å². The molecule has 0 amide bonds. The molecule has 1 aromatic carbocycles. The van der Waals surface area contributed by atoms with Crippen molar-refractivity contribution in [2.45, 2.75) is 26.2 Å². The largest absolute Gasteiger partial charge is 0.367 e. The average Bonchev–Trinajstić information content (AvgIpc) is 3.38. The lowest BCUT2D eigenvalue weighted by Gasteiger charge is -2.28. The van der Waals surface area contributed by atoms with E-state index in [1.165, 1.54) is 10.9 Å². The molecule has 0 aliphatic carbocycles. The fourth-order valence-electron chi connectivity index (χ4n) is 4.11. The first-order chi connectivity index (χ1) is 13.7. The highest BCUT2D eigenvalue weighted by Crippen LogP contribution is 2.35. The number of H-pyrrole nitrogens is 2. The van der Waals surface area contributed by atoms with Crippen LogP contribution in [-0.4, -0.2) is 37.9 Å². The normalized spacial score (nSPS) is 14.7. The molecule has 5 rings (SSSR count). The van der Waals surface area contributed by atoms with E-state index in [1.54, 1.807) is 12.4 Å². The van der Waals surface area contributed by atoms with Crippen molar-refractivity contribution in [3.8, 4) is 22.4 Å². The molecule has 3 aromatic heterocycles. The Balaban J connectivity index is 1.81. The third-order valence-corrected chi connectivity index (χ3v) is 5.45. The van der Waals surface area contributed by atoms with E-state index in [-0.39, 0.29) is 5.56 Å². The molecule has 142 valence electrons. The molecule has 0 atom stereocenters. The Morgan fingerprint density at radius 2 is 1.82 bits per heavy atom. The van der Waals surface area contributed by atoms with Crippen molar-refractivity contribution in [2.24, 2.45) is 0 Å². The second-order valence-electron chi connectivity index (χ2n) is 7.29. The minimum Gasteiger partial charge on any atom is -0.367 e. The molecule has 0 spiro atoms. The van der Waals surface area contributed by atoms with Crippen molar-refractivity contribution in [1.82, 2.24) is 24.8 Å². The molecule has 1 aliphatic heterocycles. The molecule has 7 heteroatoms. The van der Waals surface area contributed by atoms with Crippen LogP contribution >= 0.6 is 0 Å². The van der Waals surface area contributed by atoms with Crippen LogP contribution in [0.3, 0.4) is 0 Å². The van der Waals surface area contributed by atoms with Crippen LogP contribution in [0.15, 0.2) is 47.5 Å². The van der Waals surface area contributed by atoms with Crippen molar-refractivity contribution in [3.05, 3.63) is 58.8 Å². The molecule has 0 saturated carbocycles. The smallest absolute Gasteiger partial charge is 0.282 e. The lowest BCUT2D eigenvalue weighted by atomic mass is 10.1. The van der Waals surface area contributed by atoms with Gasteiger partial charge in [-0.25, -0.2) is 0 Å². The van der Waals surface area contributed by atoms with E-state index in [4.69, 9.17) is 5.10 Å². The maximum atomic E-state index is 13.3. The summed E-state index contributed by atoms with van der Waals surface area (Å²) in [4.78, 5) is 19.2. The van der Waals surface area contributed by atoms with Crippen molar-refractivity contribution >= 4 is 11.3 Å². The van der Waals surface area contributed by atoms with E-state index in [9.17, 15) is 4.79 Å². The quantitative estimate of drug-likeness (QED) is 0.576. The molecule has 1 fully saturated rings. The molecular formula is C21H22N6O. The molecule has 2 N–H and O–H groups in total. The van der Waals surface area contributed by atoms with Gasteiger partial charge >= 0.3 is 0 Å². The number of nitrogens with zero attached hydrogens (tertiary/aromatic N) is 4. The number of benzene rings is 1. The third kappa shape index (κ3) is 2.62. The Bertz CT molecular complexity index is 1170. The Kier molecular flexibility index (Phi) is 4.00. The average molecular weight is 374 g/mol. The van der Waals surface area contributed by atoms with Crippen LogP contribution in [0.2, 0.25) is 0 Å². The molecule has 0 unspecified atom stereocenters. The van der Waals surface area contributed by atoms with E-state index >= 15 is 0 Å². The maximum Gasteiger partial charge on any atom is 0.282 e. The fourth-order valence-corrected chi connectivity index (χ4v) is 4.11. The number of hydrogen-bond donors (Lipinski definition) is 2. The number of aromatic amines is 2. The Hall–Kier alpha value is -3.35. The van der Waals surface area contributed by atoms with Crippen LogP contribution in [0.4, 0.5) is 5.69 Å². The first kappa shape index (κ1) is 16.8. The Labute approximate surface area is 162 Å². The molecule has 0 bridgehead atoms. The van der Waals surface area contributed by atoms with Crippen molar-refractivity contribution < 1.29 is 0 Å². The highest BCUT2D eigenvalue weighted by molar-refractivity contribution is 5.86. The molecule has 1 saturated heterocycles. The van der Waals surface area contributed by atoms with Crippen molar-refractivity contribution in [3.63, 3.8) is 0 Å². The summed E-state index contributed by atoms with van der Waals surface area (Å²) in [6, 6.07) is 10.1. The Morgan fingerprint density at radius 1 is 1.04 bits per heavy atom. The van der Waals surface area contributed by atoms with Crippen LogP contribution in [-0.2, 0) is 0 Å². The molecule has 0 radical (unpaired) electrons. The van der Waals surface area contributed by atoms with Gasteiger partial charge in [-0.3, -0.25) is 9.89 Å². The number of aryl methyl sites for hydroxylation is 1. The summed E-state index contributed by atoms with van der Waals surface area (Å²) in [5, 5.41) is 11.5. The minimum atomic E-state index is -0.131. The van der Waals surface area contributed by atoms with Crippen LogP contribution in [0.5, 0.6) is 0 Å². The number of nitrogens with one attached hydrogen (secondary N) is 2. The second kappa shape index (κ2) is 6.67. The lowest BCUT2D eigenvalue weighted by molar-refractivity contribution is 0.579. The van der Waals surface area contributed by atoms with Gasteiger partial charge in [0, 0.05) is 36.1 Å². The van der Waals surface area contributed by atoms with E-state index < -0.39 is 0 Å². The zero-order valence-electron chi connectivity index (χ0n) is 15.8. The monoisotopic (exact) mass is 374 g/mol. The van der Waals surface area contributed by atoms with Crippen LogP contribution < -0.4 is 10.5 Å². The van der Waals surface area contributed by atoms with Gasteiger partial charge in [-0.1, -0.05) is 30.3 Å². The molecule has 7 nitrogen and oxygen atoms in total. The molecule has 4 aromatic rings. The maximum absolute atomic E-state index is 13.3. The van der Waals surface area contributed by atoms with Gasteiger partial charge in [0.15, 0.2) is 5.65 Å². The number of anilines is 1. The molecule has 1 aliphatic rings. The van der Waals surface area contributed by atoms with Gasteiger partial charge in [0.25, 0.3) is 5.56 Å². The fraction of sp³-hybridized carbons (Fsp3) is 0.286. The zero-order chi connectivity index (χ0) is 19.1. The number of piperidine rings is 1. The summed E-state index contributed by atoms with van der Waals surface area (Å²) in [5.74, 6) is 0. The second-order valence-corrected chi connectivity index (χ2v) is 7.29. The molecule has 28 heavy (non-hydrogen) atoms. The van der Waals surface area contributed by atoms with Gasteiger partial charge in [0.05, 0.1) is 11.8 Å². The molecular weight excluding hydrogens is 352 g/mol. The third-order valence-electron chi connectivity index (χ3n) is 5.45. The summed E-state index contributed by atoms with van der Waals surface area (Å²) in [6.45, 7) is 3.89. The molecule has 4 heterocycles. The summed E-state index contributed by atoms with van der Waals surface area (Å²) in [5.41, 5.74) is 5.68. The predicted octanol–water partition coefficient (Wildman–Crippen LogP) is 3.38. The van der Waals surface area contributed by atoms with Crippen LogP contribution in [0, 0.1) is 6.92 Å². The number of rotatable bonds is 3. The summed E-state index contributed by atoms with van der Waals surface area (Å²) >= 11 is 0. The van der Waals surface area contributed by atoms with Crippen molar-refractivity contribution in [1.29, 1.82) is 0 Å². The number of fused-ring (bicyclic) bond motifs is 1. The highest BCUT2D eigenvalue weighted by atomic mass is 16.1. The SMILES string of the molecule is Cc1[nH]c2c(N3CCCCC3)c(-c3ccccc3)nn2c(=O)c1-c1cn[nH]c1. The standard InChI is InChI=1S/C21H22N6O/c1-14-17(16-12-22-23-13-16)21(28)27-20(24-14)19(26-10-6-3-7-11-26)18(25-27)15-8-4-2-5-9-15/h2,4-5,8-9,12-13,24H,3,6-7,10-11H2,1H3,(H,22,23). The lowest BCUT2D eigenvalue weighted by Crippen LogP contribution is -2.30. The van der Waals surface area contributed by atoms with Gasteiger partial charge in [-0.15, -0.1) is 0 Å². The van der Waals surface area contributed by atoms with E-state index in [0.29, 0.717) is 5.56 Å². The van der Waals surface area contributed by atoms with Gasteiger partial charge in [-0.2, -0.15) is 14.7 Å². The summed E-state index contributed by atoms with van der Waals surface area (Å²) in [6.07, 6.45) is 6.95. The summed E-state index contributed by atoms with van der Waals surface area (Å²) < 4.78 is 1.52. The highest BCUT2D eigenvalue weighted by Gasteiger charge is 2.25. The van der Waals surface area contributed by atoms with Crippen LogP contribution in [0.1, 0.15) is 25.0 Å². The first-order valence-corrected chi connectivity index (χ1v) is 9.69. The van der Waals surface area contributed by atoms with Gasteiger partial charge in [0.1, 0.15) is 11.4 Å². The predicted molar refractivity (Wildman–Crippen MR) is 110 cm³/mol. The Morgan fingerprint density at radius 3 is 2.54 bits per heavy atom. The van der Waals surface area contributed by atoms with Crippen molar-refractivity contribution in [2.75, 3.05) is 18.0 Å². The van der Waals surface area contributed by atoms with Crippen LogP contribution in [0.25, 0.3) is 28.0 Å². The van der Waals surface area contributed by atoms with E-state index in [0.717, 1.165) is 59.8 Å². The minimum absolute atomic E-state index is 0.131. The first-order valence-electron chi connectivity index (χ1n) is 9.69. The summed E-state index contributed by atoms with van der Waals surface area (Å²) in [7, 11) is 0. The number of aromatic nitrogens is 5. The van der Waals surface area contributed by atoms with E-state index in [2.05, 4.69) is 20.1 Å². The number of hydrogen-bond acceptors (Lipinski definition) is 4. The van der Waals surface area contributed by atoms with Gasteiger partial charge in [-0.05, 0) is 26.2 Å². The zero-order valence-corrected chi connectivity index (χ0v) is 15.8. The van der Waals surface area contributed by atoms with Gasteiger partial charge < -0.3 is 9.88 Å². The topological polar surface area (TPSA) is 82.1 Å². The van der Waals surface area contributed by atoms with E-state index in [1.807, 2.05) is 37.3 Å².